The first-order valence-corrected chi connectivity index (χ1v) is 8.59. The number of nitrogens with zero attached hydrogens (tertiary/aromatic N) is 2. The molecule has 0 fully saturated rings. The second-order valence-electron chi connectivity index (χ2n) is 5.03. The fraction of sp³-hybridized carbons (Fsp3) is 0.400. The Morgan fingerprint density at radius 2 is 2.12 bits per heavy atom. The van der Waals surface area contributed by atoms with Gasteiger partial charge in [-0.05, 0) is 19.1 Å². The van der Waals surface area contributed by atoms with Gasteiger partial charge in [0.2, 0.25) is 5.91 Å². The molecule has 0 saturated heterocycles. The highest BCUT2D eigenvalue weighted by atomic mass is 32.1. The first kappa shape index (κ1) is 19.8. The molecule has 0 aliphatic rings. The standard InChI is InChI=1S/C15H18F3N5O2S/c1-2-19-14(21-7-12(24)20-6-10-4-3-5-25-10)22-8-13-23-11(9-26-13)15(16,17)18/h3-5,9H,2,6-8H2,1H3,(H,20,24)(H2,19,21,22). The summed E-state index contributed by atoms with van der Waals surface area (Å²) in [5.41, 5.74) is -0.918. The monoisotopic (exact) mass is 389 g/mol. The van der Waals surface area contributed by atoms with Crippen molar-refractivity contribution in [3.05, 3.63) is 40.2 Å². The summed E-state index contributed by atoms with van der Waals surface area (Å²) in [4.78, 5) is 19.4. The number of halogens is 3. The summed E-state index contributed by atoms with van der Waals surface area (Å²) in [7, 11) is 0. The van der Waals surface area contributed by atoms with Crippen LogP contribution in [0.25, 0.3) is 0 Å². The average molecular weight is 389 g/mol. The summed E-state index contributed by atoms with van der Waals surface area (Å²) in [5.74, 6) is 0.619. The number of nitrogens with one attached hydrogen (secondary N) is 3. The van der Waals surface area contributed by atoms with Crippen LogP contribution in [-0.4, -0.2) is 29.9 Å². The number of aliphatic imine (C=N–C) groups is 1. The Balaban J connectivity index is 1.83. The topological polar surface area (TPSA) is 91.5 Å². The van der Waals surface area contributed by atoms with Crippen LogP contribution in [0.5, 0.6) is 0 Å². The minimum absolute atomic E-state index is 0.0700. The highest BCUT2D eigenvalue weighted by Crippen LogP contribution is 2.29. The van der Waals surface area contributed by atoms with Gasteiger partial charge in [0.1, 0.15) is 17.3 Å². The van der Waals surface area contributed by atoms with Crippen LogP contribution in [0.4, 0.5) is 13.2 Å². The molecular weight excluding hydrogens is 371 g/mol. The summed E-state index contributed by atoms with van der Waals surface area (Å²) >= 11 is 0.901. The van der Waals surface area contributed by atoms with Gasteiger partial charge in [0.05, 0.1) is 19.4 Å². The lowest BCUT2D eigenvalue weighted by molar-refractivity contribution is -0.140. The van der Waals surface area contributed by atoms with E-state index in [0.717, 1.165) is 16.7 Å². The van der Waals surface area contributed by atoms with Crippen molar-refractivity contribution in [3.63, 3.8) is 0 Å². The van der Waals surface area contributed by atoms with Gasteiger partial charge in [0.15, 0.2) is 11.7 Å². The summed E-state index contributed by atoms with van der Waals surface area (Å²) in [5, 5.41) is 9.63. The molecule has 0 radical (unpaired) electrons. The predicted octanol–water partition coefficient (Wildman–Crippen LogP) is 2.13. The third-order valence-corrected chi connectivity index (χ3v) is 3.86. The van der Waals surface area contributed by atoms with E-state index in [9.17, 15) is 18.0 Å². The number of alkyl halides is 3. The van der Waals surface area contributed by atoms with Crippen molar-refractivity contribution in [2.24, 2.45) is 4.99 Å². The second-order valence-corrected chi connectivity index (χ2v) is 5.97. The van der Waals surface area contributed by atoms with Crippen molar-refractivity contribution in [2.45, 2.75) is 26.2 Å². The Morgan fingerprint density at radius 1 is 1.31 bits per heavy atom. The SMILES string of the molecule is CCNC(=NCC(=O)NCc1ccco1)NCc1nc(C(F)(F)F)cs1. The smallest absolute Gasteiger partial charge is 0.434 e. The molecule has 142 valence electrons. The van der Waals surface area contributed by atoms with Crippen molar-refractivity contribution in [1.82, 2.24) is 20.9 Å². The molecule has 0 unspecified atom stereocenters. The third-order valence-electron chi connectivity index (χ3n) is 3.01. The van der Waals surface area contributed by atoms with Crippen molar-refractivity contribution in [2.75, 3.05) is 13.1 Å². The molecule has 7 nitrogen and oxygen atoms in total. The molecule has 2 aromatic heterocycles. The lowest BCUT2D eigenvalue weighted by atomic mass is 10.4. The molecule has 0 aliphatic heterocycles. The Morgan fingerprint density at radius 3 is 2.73 bits per heavy atom. The quantitative estimate of drug-likeness (QED) is 0.498. The van der Waals surface area contributed by atoms with Crippen molar-refractivity contribution in [1.29, 1.82) is 0 Å². The van der Waals surface area contributed by atoms with Crippen LogP contribution in [0.3, 0.4) is 0 Å². The number of hydrogen-bond acceptors (Lipinski definition) is 5. The molecule has 2 aromatic rings. The minimum Gasteiger partial charge on any atom is -0.467 e. The molecule has 3 N–H and O–H groups in total. The molecule has 2 rings (SSSR count). The van der Waals surface area contributed by atoms with E-state index in [2.05, 4.69) is 25.9 Å². The Kier molecular flexibility index (Phi) is 7.01. The van der Waals surface area contributed by atoms with Crippen LogP contribution in [0.1, 0.15) is 23.4 Å². The molecular formula is C15H18F3N5O2S. The highest BCUT2D eigenvalue weighted by molar-refractivity contribution is 7.09. The average Bonchev–Trinajstić information content (AvgIpc) is 3.26. The van der Waals surface area contributed by atoms with E-state index in [1.54, 1.807) is 12.1 Å². The number of rotatable bonds is 7. The number of furan rings is 1. The molecule has 1 amide bonds. The van der Waals surface area contributed by atoms with Gasteiger partial charge < -0.3 is 20.4 Å². The minimum atomic E-state index is -4.46. The van der Waals surface area contributed by atoms with Gasteiger partial charge in [0.25, 0.3) is 0 Å². The lowest BCUT2D eigenvalue weighted by Crippen LogP contribution is -2.38. The summed E-state index contributed by atoms with van der Waals surface area (Å²) in [6.07, 6.45) is -2.95. The fourth-order valence-electron chi connectivity index (χ4n) is 1.83. The van der Waals surface area contributed by atoms with Crippen molar-refractivity contribution in [3.8, 4) is 0 Å². The zero-order chi connectivity index (χ0) is 19.0. The zero-order valence-electron chi connectivity index (χ0n) is 13.9. The number of thiazole rings is 1. The largest absolute Gasteiger partial charge is 0.467 e. The van der Waals surface area contributed by atoms with Gasteiger partial charge in [0, 0.05) is 11.9 Å². The van der Waals surface area contributed by atoms with Gasteiger partial charge in [-0.25, -0.2) is 9.98 Å². The summed E-state index contributed by atoms with van der Waals surface area (Å²) < 4.78 is 42.7. The molecule has 0 bridgehead atoms. The van der Waals surface area contributed by atoms with Gasteiger partial charge in [-0.3, -0.25) is 4.79 Å². The van der Waals surface area contributed by atoms with Crippen LogP contribution in [0, 0.1) is 0 Å². The third kappa shape index (κ3) is 6.39. The van der Waals surface area contributed by atoms with E-state index >= 15 is 0 Å². The van der Waals surface area contributed by atoms with Crippen LogP contribution in [0.2, 0.25) is 0 Å². The van der Waals surface area contributed by atoms with Crippen LogP contribution < -0.4 is 16.0 Å². The number of guanidine groups is 1. The maximum Gasteiger partial charge on any atom is 0.434 e. The fourth-order valence-corrected chi connectivity index (χ4v) is 2.57. The molecule has 11 heteroatoms. The van der Waals surface area contributed by atoms with Crippen LogP contribution >= 0.6 is 11.3 Å². The maximum absolute atomic E-state index is 12.5. The number of carbonyl (C=O) groups excluding carboxylic acids is 1. The number of aromatic nitrogens is 1. The predicted molar refractivity (Wildman–Crippen MR) is 90.5 cm³/mol. The van der Waals surface area contributed by atoms with Gasteiger partial charge >= 0.3 is 6.18 Å². The molecule has 2 heterocycles. The van der Waals surface area contributed by atoms with E-state index in [0.29, 0.717) is 18.3 Å². The highest BCUT2D eigenvalue weighted by Gasteiger charge is 2.33. The molecule has 0 aliphatic carbocycles. The summed E-state index contributed by atoms with van der Waals surface area (Å²) in [6, 6.07) is 3.45. The van der Waals surface area contributed by atoms with E-state index in [-0.39, 0.29) is 30.5 Å². The Labute approximate surface area is 151 Å². The van der Waals surface area contributed by atoms with Crippen molar-refractivity contribution >= 4 is 23.2 Å². The maximum atomic E-state index is 12.5. The molecule has 0 aromatic carbocycles. The van der Waals surface area contributed by atoms with E-state index in [1.807, 2.05) is 6.92 Å². The Bertz CT molecular complexity index is 728. The molecule has 26 heavy (non-hydrogen) atoms. The molecule has 0 atom stereocenters. The first-order valence-electron chi connectivity index (χ1n) is 7.71. The number of hydrogen-bond donors (Lipinski definition) is 3. The van der Waals surface area contributed by atoms with Gasteiger partial charge in [-0.2, -0.15) is 13.2 Å². The van der Waals surface area contributed by atoms with Crippen LogP contribution in [-0.2, 0) is 24.1 Å². The zero-order valence-corrected chi connectivity index (χ0v) is 14.7. The van der Waals surface area contributed by atoms with E-state index < -0.39 is 11.9 Å². The van der Waals surface area contributed by atoms with Gasteiger partial charge in [-0.15, -0.1) is 11.3 Å². The van der Waals surface area contributed by atoms with E-state index in [4.69, 9.17) is 4.42 Å². The van der Waals surface area contributed by atoms with Crippen LogP contribution in [0.15, 0.2) is 33.2 Å². The number of amides is 1. The lowest BCUT2D eigenvalue weighted by Gasteiger charge is -2.10. The number of carbonyl (C=O) groups is 1. The first-order chi connectivity index (χ1) is 12.4. The van der Waals surface area contributed by atoms with Crippen molar-refractivity contribution < 1.29 is 22.4 Å². The molecule has 0 spiro atoms. The molecule has 0 saturated carbocycles. The van der Waals surface area contributed by atoms with E-state index in [1.165, 1.54) is 6.26 Å². The normalized spacial score (nSPS) is 12.1. The summed E-state index contributed by atoms with van der Waals surface area (Å²) in [6.45, 7) is 2.55. The second kappa shape index (κ2) is 9.22. The van der Waals surface area contributed by atoms with Gasteiger partial charge in [-0.1, -0.05) is 0 Å². The Hall–Kier alpha value is -2.56.